The molecule has 7 heteroatoms. The van der Waals surface area contributed by atoms with Crippen LogP contribution < -0.4 is 4.74 Å². The minimum Gasteiger partial charge on any atom is -0.479 e. The fourth-order valence-corrected chi connectivity index (χ4v) is 3.29. The highest BCUT2D eigenvalue weighted by Crippen LogP contribution is 2.35. The number of carboxylic acids is 1. The number of benzene rings is 1. The molecule has 0 saturated heterocycles. The number of carbonyl (C=O) groups is 1. The summed E-state index contributed by atoms with van der Waals surface area (Å²) in [6.45, 7) is 0. The number of hydrogen-bond donors (Lipinski definition) is 4. The zero-order valence-electron chi connectivity index (χ0n) is 11.3. The van der Waals surface area contributed by atoms with E-state index in [0.29, 0.717) is 5.06 Å². The number of ether oxygens (including phenoxy) is 1. The molecule has 0 amide bonds. The van der Waals surface area contributed by atoms with Gasteiger partial charge in [0.05, 0.1) is 6.10 Å². The normalized spacial score (nSPS) is 28.4. The average Bonchev–Trinajstić information content (AvgIpc) is 2.86. The molecule has 0 fully saturated rings. The summed E-state index contributed by atoms with van der Waals surface area (Å²) in [5.41, 5.74) is -2.26. The van der Waals surface area contributed by atoms with Gasteiger partial charge in [-0.15, -0.1) is 0 Å². The summed E-state index contributed by atoms with van der Waals surface area (Å²) in [6, 6.07) is 9.30. The second-order valence-electron chi connectivity index (χ2n) is 5.20. The Balaban J connectivity index is 1.94. The zero-order chi connectivity index (χ0) is 15.9. The van der Waals surface area contributed by atoms with E-state index in [-0.39, 0.29) is 5.76 Å². The van der Waals surface area contributed by atoms with Gasteiger partial charge >= 0.3 is 5.97 Å². The molecule has 2 aromatic rings. The predicted octanol–water partition coefficient (Wildman–Crippen LogP) is 1.11. The molecule has 0 saturated carbocycles. The van der Waals surface area contributed by atoms with E-state index >= 15 is 0 Å². The lowest BCUT2D eigenvalue weighted by Gasteiger charge is -2.32. The Kier molecular flexibility index (Phi) is 3.65. The van der Waals surface area contributed by atoms with Crippen LogP contribution in [0.3, 0.4) is 0 Å². The molecule has 0 spiro atoms. The first-order chi connectivity index (χ1) is 10.4. The Hall–Kier alpha value is -1.93. The van der Waals surface area contributed by atoms with Gasteiger partial charge in [-0.05, 0) is 17.5 Å². The lowest BCUT2D eigenvalue weighted by Crippen LogP contribution is -2.48. The fraction of sp³-hybridized carbons (Fsp3) is 0.267. The van der Waals surface area contributed by atoms with Crippen LogP contribution in [0.4, 0.5) is 0 Å². The number of thiophene rings is 1. The summed E-state index contributed by atoms with van der Waals surface area (Å²) in [4.78, 5) is 11.1. The van der Waals surface area contributed by atoms with Gasteiger partial charge in [-0.2, -0.15) is 0 Å². The van der Waals surface area contributed by atoms with Crippen LogP contribution in [0.2, 0.25) is 0 Å². The van der Waals surface area contributed by atoms with Crippen molar-refractivity contribution >= 4 is 27.4 Å². The molecule has 1 heterocycles. The largest absolute Gasteiger partial charge is 0.479 e. The van der Waals surface area contributed by atoms with E-state index in [1.165, 1.54) is 11.3 Å². The van der Waals surface area contributed by atoms with Crippen LogP contribution in [0.15, 0.2) is 42.2 Å². The second kappa shape index (κ2) is 5.36. The first-order valence-electron chi connectivity index (χ1n) is 6.60. The first kappa shape index (κ1) is 15.0. The molecular formula is C15H14O6S. The van der Waals surface area contributed by atoms with Crippen LogP contribution in [0.25, 0.3) is 10.1 Å². The van der Waals surface area contributed by atoms with Gasteiger partial charge < -0.3 is 25.2 Å². The Morgan fingerprint density at radius 3 is 2.73 bits per heavy atom. The van der Waals surface area contributed by atoms with Gasteiger partial charge in [-0.3, -0.25) is 0 Å². The maximum atomic E-state index is 11.1. The van der Waals surface area contributed by atoms with Crippen molar-refractivity contribution in [3.8, 4) is 5.06 Å². The van der Waals surface area contributed by atoms with E-state index in [9.17, 15) is 20.1 Å². The number of aliphatic carboxylic acids is 1. The smallest absolute Gasteiger partial charge is 0.340 e. The van der Waals surface area contributed by atoms with Crippen molar-refractivity contribution < 1.29 is 30.0 Å². The molecule has 1 aliphatic carbocycles. The fourth-order valence-electron chi connectivity index (χ4n) is 2.36. The van der Waals surface area contributed by atoms with E-state index in [1.807, 2.05) is 24.3 Å². The van der Waals surface area contributed by atoms with E-state index in [4.69, 9.17) is 9.84 Å². The lowest BCUT2D eigenvalue weighted by atomic mass is 9.86. The summed E-state index contributed by atoms with van der Waals surface area (Å²) in [5, 5.41) is 40.2. The molecule has 1 aliphatic rings. The molecule has 1 aromatic carbocycles. The topological polar surface area (TPSA) is 107 Å². The van der Waals surface area contributed by atoms with Gasteiger partial charge in [0.2, 0.25) is 0 Å². The van der Waals surface area contributed by atoms with Crippen LogP contribution in [-0.4, -0.2) is 44.2 Å². The van der Waals surface area contributed by atoms with Crippen molar-refractivity contribution in [1.82, 2.24) is 0 Å². The Morgan fingerprint density at radius 2 is 2.05 bits per heavy atom. The number of fused-ring (bicyclic) bond motifs is 1. The molecule has 0 bridgehead atoms. The number of hydrogen-bond acceptors (Lipinski definition) is 6. The summed E-state index contributed by atoms with van der Waals surface area (Å²) < 4.78 is 6.48. The molecule has 0 unspecified atom stereocenters. The third kappa shape index (κ3) is 2.59. The SMILES string of the molecule is O=C(O)[C@]1(O)C=C(Oc2cc3ccccc3s2)[C@@H](O)[C@H](O)C1. The summed E-state index contributed by atoms with van der Waals surface area (Å²) in [7, 11) is 0. The number of aliphatic hydroxyl groups is 3. The maximum Gasteiger partial charge on any atom is 0.340 e. The van der Waals surface area contributed by atoms with Crippen molar-refractivity contribution in [3.63, 3.8) is 0 Å². The predicted molar refractivity (Wildman–Crippen MR) is 79.8 cm³/mol. The van der Waals surface area contributed by atoms with Crippen LogP contribution in [0.5, 0.6) is 5.06 Å². The highest BCUT2D eigenvalue weighted by Gasteiger charge is 2.44. The van der Waals surface area contributed by atoms with Crippen molar-refractivity contribution in [2.45, 2.75) is 24.2 Å². The average molecular weight is 322 g/mol. The minimum atomic E-state index is -2.26. The highest BCUT2D eigenvalue weighted by molar-refractivity contribution is 7.20. The van der Waals surface area contributed by atoms with E-state index in [2.05, 4.69) is 0 Å². The Labute approximate surface area is 129 Å². The van der Waals surface area contributed by atoms with Crippen LogP contribution >= 0.6 is 11.3 Å². The van der Waals surface area contributed by atoms with Gasteiger partial charge in [-0.1, -0.05) is 29.5 Å². The molecule has 22 heavy (non-hydrogen) atoms. The summed E-state index contributed by atoms with van der Waals surface area (Å²) >= 11 is 1.32. The van der Waals surface area contributed by atoms with Crippen molar-refractivity contribution in [3.05, 3.63) is 42.2 Å². The zero-order valence-corrected chi connectivity index (χ0v) is 12.2. The standard InChI is InChI=1S/C15H14O6S/c16-9-6-15(20,14(18)19)7-10(13(9)17)21-12-5-8-3-1-2-4-11(8)22-12/h1-5,7,9,13,16-17,20H,6H2,(H,18,19)/t9-,13+,15-/m1/s1. The van der Waals surface area contributed by atoms with Gasteiger partial charge in [0.25, 0.3) is 0 Å². The molecule has 0 radical (unpaired) electrons. The van der Waals surface area contributed by atoms with Gasteiger partial charge in [0, 0.05) is 17.2 Å². The number of aliphatic hydroxyl groups excluding tert-OH is 2. The summed E-state index contributed by atoms with van der Waals surface area (Å²) in [6.07, 6.45) is -2.36. The quantitative estimate of drug-likeness (QED) is 0.674. The third-order valence-corrected chi connectivity index (χ3v) is 4.54. The van der Waals surface area contributed by atoms with Crippen LogP contribution in [-0.2, 0) is 4.79 Å². The monoisotopic (exact) mass is 322 g/mol. The van der Waals surface area contributed by atoms with Crippen molar-refractivity contribution in [1.29, 1.82) is 0 Å². The Bertz CT molecular complexity index is 718. The Morgan fingerprint density at radius 1 is 1.32 bits per heavy atom. The van der Waals surface area contributed by atoms with Crippen molar-refractivity contribution in [2.24, 2.45) is 0 Å². The molecule has 3 rings (SSSR count). The van der Waals surface area contributed by atoms with E-state index < -0.39 is 30.2 Å². The molecule has 3 atom stereocenters. The lowest BCUT2D eigenvalue weighted by molar-refractivity contribution is -0.159. The highest BCUT2D eigenvalue weighted by atomic mass is 32.1. The molecule has 4 N–H and O–H groups in total. The van der Waals surface area contributed by atoms with Gasteiger partial charge in [0.15, 0.2) is 10.7 Å². The van der Waals surface area contributed by atoms with Crippen LogP contribution in [0, 0.1) is 0 Å². The van der Waals surface area contributed by atoms with E-state index in [0.717, 1.165) is 16.2 Å². The number of carboxylic acid groups (broad SMARTS) is 1. The van der Waals surface area contributed by atoms with Gasteiger partial charge in [-0.25, -0.2) is 4.79 Å². The molecule has 6 nitrogen and oxygen atoms in total. The third-order valence-electron chi connectivity index (χ3n) is 3.55. The van der Waals surface area contributed by atoms with Crippen LogP contribution in [0.1, 0.15) is 6.42 Å². The minimum absolute atomic E-state index is 0.171. The second-order valence-corrected chi connectivity index (χ2v) is 6.24. The molecular weight excluding hydrogens is 308 g/mol. The number of rotatable bonds is 3. The molecule has 1 aromatic heterocycles. The van der Waals surface area contributed by atoms with Gasteiger partial charge in [0.1, 0.15) is 11.9 Å². The maximum absolute atomic E-state index is 11.1. The molecule has 116 valence electrons. The van der Waals surface area contributed by atoms with Crippen molar-refractivity contribution in [2.75, 3.05) is 0 Å². The molecule has 0 aliphatic heterocycles. The van der Waals surface area contributed by atoms with E-state index in [1.54, 1.807) is 6.07 Å². The first-order valence-corrected chi connectivity index (χ1v) is 7.42. The summed E-state index contributed by atoms with van der Waals surface area (Å²) in [5.74, 6) is -1.67.